The molecule has 3 heterocycles. The fraction of sp³-hybridized carbons (Fsp3) is 0.562. The highest BCUT2D eigenvalue weighted by Gasteiger charge is 2.27. The SMILES string of the molecule is CCNC(=O)[C@H]1CCCN(c2nnc(-n3c(C)ccc3C)s2)C1. The number of amides is 1. The maximum absolute atomic E-state index is 12.1. The van der Waals surface area contributed by atoms with Crippen LogP contribution in [0.1, 0.15) is 31.2 Å². The summed E-state index contributed by atoms with van der Waals surface area (Å²) in [5, 5.41) is 13.4. The minimum absolute atomic E-state index is 0.0473. The molecule has 1 fully saturated rings. The Morgan fingerprint density at radius 2 is 2.00 bits per heavy atom. The molecule has 1 aliphatic rings. The Balaban J connectivity index is 1.76. The number of hydrogen-bond donors (Lipinski definition) is 1. The third-order valence-electron chi connectivity index (χ3n) is 4.28. The minimum atomic E-state index is 0.0473. The molecule has 2 aromatic heterocycles. The average molecular weight is 333 g/mol. The second-order valence-corrected chi connectivity index (χ2v) is 6.93. The Morgan fingerprint density at radius 3 is 2.70 bits per heavy atom. The van der Waals surface area contributed by atoms with Crippen molar-refractivity contribution < 1.29 is 4.79 Å². The molecule has 6 nitrogen and oxygen atoms in total. The molecule has 1 saturated heterocycles. The van der Waals surface area contributed by atoms with E-state index in [1.54, 1.807) is 11.3 Å². The van der Waals surface area contributed by atoms with E-state index in [-0.39, 0.29) is 11.8 Å². The first-order valence-corrected chi connectivity index (χ1v) is 8.93. The second-order valence-electron chi connectivity index (χ2n) is 6.00. The summed E-state index contributed by atoms with van der Waals surface area (Å²) in [6.45, 7) is 8.44. The molecule has 1 amide bonds. The van der Waals surface area contributed by atoms with Gasteiger partial charge in [0, 0.05) is 31.0 Å². The van der Waals surface area contributed by atoms with Crippen LogP contribution in [-0.2, 0) is 4.79 Å². The molecule has 3 rings (SSSR count). The van der Waals surface area contributed by atoms with Crippen molar-refractivity contribution in [3.05, 3.63) is 23.5 Å². The van der Waals surface area contributed by atoms with Gasteiger partial charge >= 0.3 is 0 Å². The molecular formula is C16H23N5OS. The van der Waals surface area contributed by atoms with Gasteiger partial charge in [-0.2, -0.15) is 0 Å². The Kier molecular flexibility index (Phi) is 4.66. The van der Waals surface area contributed by atoms with E-state index in [1.165, 1.54) is 0 Å². The average Bonchev–Trinajstić information content (AvgIpc) is 3.14. The van der Waals surface area contributed by atoms with E-state index in [4.69, 9.17) is 0 Å². The van der Waals surface area contributed by atoms with Crippen LogP contribution in [0.3, 0.4) is 0 Å². The predicted octanol–water partition coefficient (Wildman–Crippen LogP) is 2.30. The van der Waals surface area contributed by atoms with Crippen molar-refractivity contribution in [3.8, 4) is 5.13 Å². The van der Waals surface area contributed by atoms with Crippen molar-refractivity contribution in [2.75, 3.05) is 24.5 Å². The summed E-state index contributed by atoms with van der Waals surface area (Å²) in [4.78, 5) is 14.3. The maximum Gasteiger partial charge on any atom is 0.224 e. The van der Waals surface area contributed by atoms with Crippen LogP contribution in [0, 0.1) is 19.8 Å². The molecule has 0 saturated carbocycles. The van der Waals surface area contributed by atoms with Crippen molar-refractivity contribution in [1.29, 1.82) is 0 Å². The Bertz CT molecular complexity index is 673. The van der Waals surface area contributed by atoms with Crippen LogP contribution >= 0.6 is 11.3 Å². The molecule has 1 N–H and O–H groups in total. The van der Waals surface area contributed by atoms with E-state index < -0.39 is 0 Å². The molecule has 7 heteroatoms. The Labute approximate surface area is 140 Å². The van der Waals surface area contributed by atoms with Crippen molar-refractivity contribution in [3.63, 3.8) is 0 Å². The number of anilines is 1. The van der Waals surface area contributed by atoms with E-state index in [0.717, 1.165) is 47.6 Å². The first-order chi connectivity index (χ1) is 11.1. The first kappa shape index (κ1) is 16.0. The zero-order chi connectivity index (χ0) is 16.4. The second kappa shape index (κ2) is 6.70. The summed E-state index contributed by atoms with van der Waals surface area (Å²) in [6.07, 6.45) is 1.96. The van der Waals surface area contributed by atoms with Crippen molar-refractivity contribution in [1.82, 2.24) is 20.1 Å². The number of aryl methyl sites for hydroxylation is 2. The number of carbonyl (C=O) groups is 1. The standard InChI is InChI=1S/C16H23N5OS/c1-4-17-14(22)13-6-5-9-20(10-13)15-18-19-16(23-15)21-11(2)7-8-12(21)3/h7-8,13H,4-6,9-10H2,1-3H3,(H,17,22)/t13-/m0/s1. The van der Waals surface area contributed by atoms with Crippen LogP contribution in [0.2, 0.25) is 0 Å². The highest BCUT2D eigenvalue weighted by atomic mass is 32.1. The monoisotopic (exact) mass is 333 g/mol. The highest BCUT2D eigenvalue weighted by molar-refractivity contribution is 7.17. The fourth-order valence-electron chi connectivity index (χ4n) is 3.08. The van der Waals surface area contributed by atoms with Crippen LogP contribution in [0.25, 0.3) is 5.13 Å². The van der Waals surface area contributed by atoms with Crippen LogP contribution in [-0.4, -0.2) is 40.3 Å². The first-order valence-electron chi connectivity index (χ1n) is 8.11. The smallest absolute Gasteiger partial charge is 0.224 e. The molecule has 1 atom stereocenters. The normalized spacial score (nSPS) is 18.2. The van der Waals surface area contributed by atoms with Gasteiger partial charge in [0.15, 0.2) is 0 Å². The van der Waals surface area contributed by atoms with Gasteiger partial charge in [-0.3, -0.25) is 9.36 Å². The van der Waals surface area contributed by atoms with Crippen molar-refractivity contribution in [2.45, 2.75) is 33.6 Å². The van der Waals surface area contributed by atoms with Crippen molar-refractivity contribution >= 4 is 22.4 Å². The van der Waals surface area contributed by atoms with Crippen LogP contribution in [0.15, 0.2) is 12.1 Å². The summed E-state index contributed by atoms with van der Waals surface area (Å²) < 4.78 is 2.12. The van der Waals surface area contributed by atoms with Gasteiger partial charge in [-0.1, -0.05) is 11.3 Å². The summed E-state index contributed by atoms with van der Waals surface area (Å²) in [7, 11) is 0. The van der Waals surface area contributed by atoms with Crippen LogP contribution in [0.5, 0.6) is 0 Å². The summed E-state index contributed by atoms with van der Waals surface area (Å²) in [5.74, 6) is 0.199. The molecule has 23 heavy (non-hydrogen) atoms. The maximum atomic E-state index is 12.1. The topological polar surface area (TPSA) is 63.1 Å². The van der Waals surface area contributed by atoms with E-state index in [2.05, 4.69) is 51.0 Å². The number of aromatic nitrogens is 3. The lowest BCUT2D eigenvalue weighted by molar-refractivity contribution is -0.125. The number of nitrogens with zero attached hydrogens (tertiary/aromatic N) is 4. The fourth-order valence-corrected chi connectivity index (χ4v) is 4.08. The van der Waals surface area contributed by atoms with Gasteiger partial charge in [0.25, 0.3) is 0 Å². The minimum Gasteiger partial charge on any atom is -0.356 e. The number of rotatable bonds is 4. The quantitative estimate of drug-likeness (QED) is 0.932. The van der Waals surface area contributed by atoms with Crippen LogP contribution < -0.4 is 10.2 Å². The van der Waals surface area contributed by atoms with Crippen molar-refractivity contribution in [2.24, 2.45) is 5.92 Å². The zero-order valence-electron chi connectivity index (χ0n) is 13.9. The van der Waals surface area contributed by atoms with Gasteiger partial charge in [0.2, 0.25) is 16.2 Å². The Morgan fingerprint density at radius 1 is 1.30 bits per heavy atom. The molecule has 0 aliphatic carbocycles. The molecule has 2 aromatic rings. The lowest BCUT2D eigenvalue weighted by Crippen LogP contribution is -2.43. The molecule has 0 spiro atoms. The lowest BCUT2D eigenvalue weighted by Gasteiger charge is -2.31. The summed E-state index contributed by atoms with van der Waals surface area (Å²) in [6, 6.07) is 4.17. The van der Waals surface area contributed by atoms with Gasteiger partial charge < -0.3 is 10.2 Å². The number of hydrogen-bond acceptors (Lipinski definition) is 5. The predicted molar refractivity (Wildman–Crippen MR) is 92.3 cm³/mol. The molecule has 0 aromatic carbocycles. The van der Waals surface area contributed by atoms with Gasteiger partial charge in [-0.15, -0.1) is 10.2 Å². The molecule has 0 bridgehead atoms. The van der Waals surface area contributed by atoms with Gasteiger partial charge in [-0.05, 0) is 45.7 Å². The van der Waals surface area contributed by atoms with Crippen LogP contribution in [0.4, 0.5) is 5.13 Å². The lowest BCUT2D eigenvalue weighted by atomic mass is 9.97. The van der Waals surface area contributed by atoms with Gasteiger partial charge in [0.05, 0.1) is 5.92 Å². The molecule has 0 radical (unpaired) electrons. The molecule has 0 unspecified atom stereocenters. The number of carbonyl (C=O) groups excluding carboxylic acids is 1. The summed E-state index contributed by atoms with van der Waals surface area (Å²) in [5.41, 5.74) is 2.31. The van der Waals surface area contributed by atoms with E-state index in [1.807, 2.05) is 6.92 Å². The van der Waals surface area contributed by atoms with Gasteiger partial charge in [-0.25, -0.2) is 0 Å². The zero-order valence-corrected chi connectivity index (χ0v) is 14.7. The third kappa shape index (κ3) is 3.24. The van der Waals surface area contributed by atoms with E-state index in [0.29, 0.717) is 6.54 Å². The van der Waals surface area contributed by atoms with Gasteiger partial charge in [0.1, 0.15) is 0 Å². The Hall–Kier alpha value is -1.89. The third-order valence-corrected chi connectivity index (χ3v) is 5.25. The highest BCUT2D eigenvalue weighted by Crippen LogP contribution is 2.29. The molecule has 124 valence electrons. The van der Waals surface area contributed by atoms with E-state index in [9.17, 15) is 4.79 Å². The molecular weight excluding hydrogens is 310 g/mol. The number of nitrogens with one attached hydrogen (secondary N) is 1. The summed E-state index contributed by atoms with van der Waals surface area (Å²) >= 11 is 1.59. The van der Waals surface area contributed by atoms with E-state index >= 15 is 0 Å². The number of piperidine rings is 1. The largest absolute Gasteiger partial charge is 0.356 e. The molecule has 1 aliphatic heterocycles.